The molecule has 1 N–H and O–H groups in total. The summed E-state index contributed by atoms with van der Waals surface area (Å²) >= 11 is 0. The number of aromatic hydroxyl groups is 1. The molecule has 0 aliphatic carbocycles. The van der Waals surface area contributed by atoms with Gasteiger partial charge in [-0.3, -0.25) is 4.79 Å². The summed E-state index contributed by atoms with van der Waals surface area (Å²) in [6.45, 7) is 4.74. The largest absolute Gasteiger partial charge is 0.507 e. The molecule has 1 aromatic carbocycles. The smallest absolute Gasteiger partial charge is 0.167 e. The van der Waals surface area contributed by atoms with Crippen LogP contribution in [0.4, 0.5) is 0 Å². The van der Waals surface area contributed by atoms with E-state index in [2.05, 4.69) is 0 Å². The van der Waals surface area contributed by atoms with E-state index >= 15 is 0 Å². The Hall–Kier alpha value is -1.55. The van der Waals surface area contributed by atoms with E-state index in [-0.39, 0.29) is 17.1 Å². The normalized spacial score (nSPS) is 10.1. The van der Waals surface area contributed by atoms with Crippen molar-refractivity contribution in [2.75, 3.05) is 19.8 Å². The lowest BCUT2D eigenvalue weighted by molar-refractivity contribution is 0.0987. The molecule has 0 unspecified atom stereocenters. The van der Waals surface area contributed by atoms with Crippen LogP contribution in [0, 0.1) is 0 Å². The molecular formula is C12H16O4. The molecule has 0 aromatic heterocycles. The van der Waals surface area contributed by atoms with E-state index in [0.717, 1.165) is 0 Å². The van der Waals surface area contributed by atoms with E-state index in [9.17, 15) is 9.90 Å². The summed E-state index contributed by atoms with van der Waals surface area (Å²) in [5.41, 5.74) is 0.221. The molecule has 0 saturated heterocycles. The number of ketones is 1. The Morgan fingerprint density at radius 2 is 2.12 bits per heavy atom. The van der Waals surface area contributed by atoms with Crippen LogP contribution in [-0.4, -0.2) is 30.7 Å². The molecule has 0 fully saturated rings. The SMILES string of the molecule is CCOCCOc1cccc(O)c1C(C)=O. The summed E-state index contributed by atoms with van der Waals surface area (Å²) in [5.74, 6) is 0.123. The Kier molecular flexibility index (Phi) is 4.79. The van der Waals surface area contributed by atoms with Crippen molar-refractivity contribution in [2.24, 2.45) is 0 Å². The highest BCUT2D eigenvalue weighted by atomic mass is 16.5. The van der Waals surface area contributed by atoms with Crippen LogP contribution in [0.5, 0.6) is 11.5 Å². The van der Waals surface area contributed by atoms with Gasteiger partial charge < -0.3 is 14.6 Å². The van der Waals surface area contributed by atoms with Gasteiger partial charge in [-0.05, 0) is 26.0 Å². The van der Waals surface area contributed by atoms with Crippen LogP contribution in [0.15, 0.2) is 18.2 Å². The Morgan fingerprint density at radius 3 is 2.75 bits per heavy atom. The third-order valence-electron chi connectivity index (χ3n) is 2.05. The fourth-order valence-corrected chi connectivity index (χ4v) is 1.35. The number of ether oxygens (including phenoxy) is 2. The molecule has 0 heterocycles. The first-order valence-electron chi connectivity index (χ1n) is 5.20. The van der Waals surface area contributed by atoms with Gasteiger partial charge in [-0.2, -0.15) is 0 Å². The van der Waals surface area contributed by atoms with Gasteiger partial charge in [-0.15, -0.1) is 0 Å². The molecule has 88 valence electrons. The van der Waals surface area contributed by atoms with Crippen molar-refractivity contribution in [3.63, 3.8) is 0 Å². The number of hydrogen-bond donors (Lipinski definition) is 1. The minimum absolute atomic E-state index is 0.0543. The lowest BCUT2D eigenvalue weighted by atomic mass is 10.1. The van der Waals surface area contributed by atoms with Crippen molar-refractivity contribution in [3.8, 4) is 11.5 Å². The second kappa shape index (κ2) is 6.12. The zero-order valence-electron chi connectivity index (χ0n) is 9.53. The van der Waals surface area contributed by atoms with Crippen LogP contribution in [0.25, 0.3) is 0 Å². The number of carbonyl (C=O) groups excluding carboxylic acids is 1. The first-order chi connectivity index (χ1) is 7.66. The zero-order valence-corrected chi connectivity index (χ0v) is 9.53. The van der Waals surface area contributed by atoms with Crippen LogP contribution >= 0.6 is 0 Å². The molecule has 4 heteroatoms. The van der Waals surface area contributed by atoms with Gasteiger partial charge in [0.1, 0.15) is 23.7 Å². The highest BCUT2D eigenvalue weighted by Crippen LogP contribution is 2.27. The van der Waals surface area contributed by atoms with Gasteiger partial charge in [0.15, 0.2) is 5.78 Å². The summed E-state index contributed by atoms with van der Waals surface area (Å²) in [6, 6.07) is 4.76. The Balaban J connectivity index is 2.71. The maximum absolute atomic E-state index is 11.3. The molecule has 0 bridgehead atoms. The molecule has 0 aliphatic rings. The fraction of sp³-hybridized carbons (Fsp3) is 0.417. The monoisotopic (exact) mass is 224 g/mol. The highest BCUT2D eigenvalue weighted by molar-refractivity contribution is 5.99. The number of hydrogen-bond acceptors (Lipinski definition) is 4. The predicted molar refractivity (Wildman–Crippen MR) is 60.1 cm³/mol. The standard InChI is InChI=1S/C12H16O4/c1-3-15-7-8-16-11-6-4-5-10(14)12(11)9(2)13/h4-6,14H,3,7-8H2,1-2H3. The quantitative estimate of drug-likeness (QED) is 0.593. The van der Waals surface area contributed by atoms with Gasteiger partial charge in [-0.1, -0.05) is 6.07 Å². The van der Waals surface area contributed by atoms with Crippen molar-refractivity contribution < 1.29 is 19.4 Å². The van der Waals surface area contributed by atoms with Gasteiger partial charge in [-0.25, -0.2) is 0 Å². The van der Waals surface area contributed by atoms with Crippen molar-refractivity contribution in [1.29, 1.82) is 0 Å². The second-order valence-electron chi connectivity index (χ2n) is 3.25. The van der Waals surface area contributed by atoms with Gasteiger partial charge in [0.05, 0.1) is 6.61 Å². The van der Waals surface area contributed by atoms with E-state index in [1.54, 1.807) is 12.1 Å². The predicted octanol–water partition coefficient (Wildman–Crippen LogP) is 2.01. The van der Waals surface area contributed by atoms with Crippen LogP contribution in [0.3, 0.4) is 0 Å². The molecule has 0 amide bonds. The molecule has 1 rings (SSSR count). The van der Waals surface area contributed by atoms with Gasteiger partial charge >= 0.3 is 0 Å². The number of phenols is 1. The molecule has 0 radical (unpaired) electrons. The highest BCUT2D eigenvalue weighted by Gasteiger charge is 2.13. The van der Waals surface area contributed by atoms with Gasteiger partial charge in [0.25, 0.3) is 0 Å². The van der Waals surface area contributed by atoms with Crippen molar-refractivity contribution in [3.05, 3.63) is 23.8 Å². The lowest BCUT2D eigenvalue weighted by Crippen LogP contribution is -2.08. The van der Waals surface area contributed by atoms with E-state index in [0.29, 0.717) is 25.6 Å². The van der Waals surface area contributed by atoms with Gasteiger partial charge in [0, 0.05) is 6.61 Å². The van der Waals surface area contributed by atoms with Gasteiger partial charge in [0.2, 0.25) is 0 Å². The number of Topliss-reactive ketones (excluding diaryl/α,β-unsaturated/α-hetero) is 1. The molecule has 4 nitrogen and oxygen atoms in total. The maximum Gasteiger partial charge on any atom is 0.167 e. The van der Waals surface area contributed by atoms with Crippen LogP contribution in [0.1, 0.15) is 24.2 Å². The topological polar surface area (TPSA) is 55.8 Å². The molecule has 1 aromatic rings. The summed E-state index contributed by atoms with van der Waals surface area (Å²) in [7, 11) is 0. The number of rotatable bonds is 6. The first kappa shape index (κ1) is 12.5. The van der Waals surface area contributed by atoms with Crippen LogP contribution in [-0.2, 0) is 4.74 Å². The van der Waals surface area contributed by atoms with Crippen LogP contribution < -0.4 is 4.74 Å². The molecule has 0 spiro atoms. The van der Waals surface area contributed by atoms with E-state index in [1.165, 1.54) is 13.0 Å². The van der Waals surface area contributed by atoms with Crippen molar-refractivity contribution in [1.82, 2.24) is 0 Å². The lowest BCUT2D eigenvalue weighted by Gasteiger charge is -2.10. The molecule has 0 saturated carbocycles. The molecule has 0 atom stereocenters. The molecular weight excluding hydrogens is 208 g/mol. The second-order valence-corrected chi connectivity index (χ2v) is 3.25. The fourth-order valence-electron chi connectivity index (χ4n) is 1.35. The van der Waals surface area contributed by atoms with E-state index in [4.69, 9.17) is 9.47 Å². The maximum atomic E-state index is 11.3. The molecule has 0 aliphatic heterocycles. The summed E-state index contributed by atoms with van der Waals surface area (Å²) in [4.78, 5) is 11.3. The number of phenolic OH excluding ortho intramolecular Hbond substituents is 1. The third-order valence-corrected chi connectivity index (χ3v) is 2.05. The van der Waals surface area contributed by atoms with Crippen molar-refractivity contribution >= 4 is 5.78 Å². The Labute approximate surface area is 94.8 Å². The molecule has 16 heavy (non-hydrogen) atoms. The Bertz CT molecular complexity index is 360. The van der Waals surface area contributed by atoms with E-state index < -0.39 is 0 Å². The van der Waals surface area contributed by atoms with E-state index in [1.807, 2.05) is 6.92 Å². The first-order valence-corrected chi connectivity index (χ1v) is 5.20. The summed E-state index contributed by atoms with van der Waals surface area (Å²) in [5, 5.41) is 9.53. The minimum atomic E-state index is -0.218. The number of benzene rings is 1. The van der Waals surface area contributed by atoms with Crippen LogP contribution in [0.2, 0.25) is 0 Å². The Morgan fingerprint density at radius 1 is 1.38 bits per heavy atom. The van der Waals surface area contributed by atoms with Crippen molar-refractivity contribution in [2.45, 2.75) is 13.8 Å². The number of carbonyl (C=O) groups is 1. The third kappa shape index (κ3) is 3.24. The average Bonchev–Trinajstić information content (AvgIpc) is 2.24. The average molecular weight is 224 g/mol. The summed E-state index contributed by atoms with van der Waals surface area (Å²) in [6.07, 6.45) is 0. The zero-order chi connectivity index (χ0) is 12.0. The minimum Gasteiger partial charge on any atom is -0.507 e. The summed E-state index contributed by atoms with van der Waals surface area (Å²) < 4.78 is 10.5.